The number of carbonyl (C=O) groups is 2. The van der Waals surface area contributed by atoms with Gasteiger partial charge in [-0.2, -0.15) is 10.2 Å². The molecule has 2 N–H and O–H groups in total. The summed E-state index contributed by atoms with van der Waals surface area (Å²) in [6, 6.07) is 13.4. The van der Waals surface area contributed by atoms with Gasteiger partial charge in [-0.25, -0.2) is 19.6 Å². The normalized spacial score (nSPS) is 12.4. The summed E-state index contributed by atoms with van der Waals surface area (Å²) < 4.78 is 0. The summed E-state index contributed by atoms with van der Waals surface area (Å²) in [4.78, 5) is 30.1. The van der Waals surface area contributed by atoms with Gasteiger partial charge in [-0.15, -0.1) is 0 Å². The van der Waals surface area contributed by atoms with E-state index >= 15 is 0 Å². The highest BCUT2D eigenvalue weighted by atomic mass is 16.4. The zero-order valence-corrected chi connectivity index (χ0v) is 15.5. The van der Waals surface area contributed by atoms with Crippen LogP contribution in [-0.4, -0.2) is 33.6 Å². The lowest BCUT2D eigenvalue weighted by Crippen LogP contribution is -2.10. The van der Waals surface area contributed by atoms with Crippen LogP contribution in [-0.2, 0) is 9.59 Å². The van der Waals surface area contributed by atoms with E-state index in [0.717, 1.165) is 0 Å². The number of rotatable bonds is 8. The molecule has 0 fully saturated rings. The molecule has 2 aromatic carbocycles. The Hall–Kier alpha value is -3.68. The Morgan fingerprint density at radius 3 is 1.18 bits per heavy atom. The monoisotopic (exact) mass is 380 g/mol. The molecule has 0 aliphatic rings. The maximum absolute atomic E-state index is 11.0. The molecule has 144 valence electrons. The number of aliphatic carboxylic acids is 2. The first-order chi connectivity index (χ1) is 13.4. The largest absolute Gasteiger partial charge is 0.477 e. The van der Waals surface area contributed by atoms with E-state index in [0.29, 0.717) is 35.6 Å². The highest BCUT2D eigenvalue weighted by Gasteiger charge is 2.07. The average molecular weight is 380 g/mol. The van der Waals surface area contributed by atoms with Gasteiger partial charge in [0.05, 0.1) is 22.7 Å². The van der Waals surface area contributed by atoms with Gasteiger partial charge in [-0.3, -0.25) is 0 Å². The molecule has 0 aliphatic heterocycles. The fourth-order valence-electron chi connectivity index (χ4n) is 2.17. The van der Waals surface area contributed by atoms with Crippen LogP contribution in [0, 0.1) is 0 Å². The number of benzene rings is 2. The molecule has 2 rings (SSSR count). The molecule has 0 unspecified atom stereocenters. The molecule has 0 saturated heterocycles. The summed E-state index contributed by atoms with van der Waals surface area (Å²) in [6.45, 7) is 3.47. The minimum absolute atomic E-state index is 0.0891. The quantitative estimate of drug-likeness (QED) is 0.480. The second-order valence-corrected chi connectivity index (χ2v) is 5.67. The average Bonchev–Trinajstić information content (AvgIpc) is 2.69. The number of carboxylic acid groups (broad SMARTS) is 2. The van der Waals surface area contributed by atoms with Crippen LogP contribution in [0.15, 0.2) is 68.7 Å². The molecule has 0 atom stereocenters. The van der Waals surface area contributed by atoms with E-state index < -0.39 is 11.9 Å². The lowest BCUT2D eigenvalue weighted by Gasteiger charge is -2.00. The summed E-state index contributed by atoms with van der Waals surface area (Å²) in [5.74, 6) is -2.07. The minimum atomic E-state index is -1.03. The predicted octanol–water partition coefficient (Wildman–Crippen LogP) is 5.24. The van der Waals surface area contributed by atoms with Crippen LogP contribution in [0.5, 0.6) is 0 Å². The Balaban J connectivity index is 2.09. The summed E-state index contributed by atoms with van der Waals surface area (Å²) in [6.07, 6.45) is 0.673. The topological polar surface area (TPSA) is 124 Å². The fraction of sp³-hybridized carbons (Fsp3) is 0.200. The van der Waals surface area contributed by atoms with Crippen molar-refractivity contribution in [3.63, 3.8) is 0 Å². The van der Waals surface area contributed by atoms with E-state index in [-0.39, 0.29) is 11.4 Å². The minimum Gasteiger partial charge on any atom is -0.477 e. The second kappa shape index (κ2) is 9.86. The van der Waals surface area contributed by atoms with Crippen molar-refractivity contribution in [1.82, 2.24) is 0 Å². The van der Waals surface area contributed by atoms with Crippen LogP contribution in [0.4, 0.5) is 22.7 Å². The molecule has 8 nitrogen and oxygen atoms in total. The highest BCUT2D eigenvalue weighted by molar-refractivity contribution is 6.36. The van der Waals surface area contributed by atoms with E-state index in [9.17, 15) is 9.59 Å². The van der Waals surface area contributed by atoms with Gasteiger partial charge >= 0.3 is 11.9 Å². The van der Waals surface area contributed by atoms with Crippen LogP contribution in [0.2, 0.25) is 0 Å². The van der Waals surface area contributed by atoms with Gasteiger partial charge in [0.25, 0.3) is 0 Å². The van der Waals surface area contributed by atoms with E-state index in [1.165, 1.54) is 0 Å². The molecule has 0 heterocycles. The number of aliphatic imine (C=N–C) groups is 2. The van der Waals surface area contributed by atoms with Crippen molar-refractivity contribution < 1.29 is 19.8 Å². The lowest BCUT2D eigenvalue weighted by molar-refractivity contribution is -0.130. The molecule has 0 radical (unpaired) electrons. The summed E-state index contributed by atoms with van der Waals surface area (Å²) in [7, 11) is 0. The number of nitrogens with zero attached hydrogens (tertiary/aromatic N) is 4. The first-order valence-electron chi connectivity index (χ1n) is 8.66. The van der Waals surface area contributed by atoms with E-state index in [1.54, 1.807) is 62.4 Å². The van der Waals surface area contributed by atoms with Crippen molar-refractivity contribution in [3.8, 4) is 0 Å². The van der Waals surface area contributed by atoms with Crippen molar-refractivity contribution in [2.75, 3.05) is 0 Å². The van der Waals surface area contributed by atoms with Gasteiger partial charge in [0.2, 0.25) is 0 Å². The van der Waals surface area contributed by atoms with Crippen molar-refractivity contribution in [2.24, 2.45) is 20.2 Å². The summed E-state index contributed by atoms with van der Waals surface area (Å²) in [5.41, 5.74) is 2.43. The molecule has 0 aromatic heterocycles. The van der Waals surface area contributed by atoms with E-state index in [2.05, 4.69) is 20.2 Å². The molecular formula is C20H20N4O4. The van der Waals surface area contributed by atoms with Crippen molar-refractivity contribution in [3.05, 3.63) is 48.5 Å². The molecule has 0 aliphatic carbocycles. The van der Waals surface area contributed by atoms with Gasteiger partial charge in [0.15, 0.2) is 0 Å². The van der Waals surface area contributed by atoms with Gasteiger partial charge in [-0.1, -0.05) is 13.8 Å². The smallest absolute Gasteiger partial charge is 0.350 e. The van der Waals surface area contributed by atoms with Crippen molar-refractivity contribution in [2.45, 2.75) is 26.7 Å². The predicted molar refractivity (Wildman–Crippen MR) is 107 cm³/mol. The molecule has 0 bridgehead atoms. The maximum atomic E-state index is 11.0. The molecule has 0 amide bonds. The van der Waals surface area contributed by atoms with Crippen LogP contribution < -0.4 is 0 Å². The van der Waals surface area contributed by atoms with Crippen LogP contribution in [0.25, 0.3) is 0 Å². The Morgan fingerprint density at radius 1 is 0.643 bits per heavy atom. The standard InChI is InChI=1S/C20H20N4O4/c1-3-17(19(25)26)21-13-5-9-15(10-6-13)23-24-16-11-7-14(8-12-16)22-18(4-2)20(27)28/h5-12H,3-4H2,1-2H3,(H,25,26)(H,27,28). The molecule has 0 spiro atoms. The second-order valence-electron chi connectivity index (χ2n) is 5.67. The third kappa shape index (κ3) is 5.94. The molecule has 0 saturated carbocycles. The molecule has 28 heavy (non-hydrogen) atoms. The van der Waals surface area contributed by atoms with Crippen LogP contribution in [0.3, 0.4) is 0 Å². The number of carboxylic acids is 2. The zero-order valence-electron chi connectivity index (χ0n) is 15.5. The van der Waals surface area contributed by atoms with Gasteiger partial charge in [0, 0.05) is 0 Å². The Kier molecular flexibility index (Phi) is 7.27. The first kappa shape index (κ1) is 20.6. The highest BCUT2D eigenvalue weighted by Crippen LogP contribution is 2.24. The Morgan fingerprint density at radius 2 is 0.929 bits per heavy atom. The van der Waals surface area contributed by atoms with Gasteiger partial charge < -0.3 is 10.2 Å². The molecular weight excluding hydrogens is 360 g/mol. The van der Waals surface area contributed by atoms with Gasteiger partial charge in [0.1, 0.15) is 11.4 Å². The molecule has 8 heteroatoms. The third-order valence-corrected chi connectivity index (χ3v) is 3.67. The third-order valence-electron chi connectivity index (χ3n) is 3.67. The van der Waals surface area contributed by atoms with Gasteiger partial charge in [-0.05, 0) is 61.4 Å². The van der Waals surface area contributed by atoms with Crippen LogP contribution in [0.1, 0.15) is 26.7 Å². The van der Waals surface area contributed by atoms with E-state index in [1.807, 2.05) is 0 Å². The number of hydrogen-bond donors (Lipinski definition) is 2. The summed E-state index contributed by atoms with van der Waals surface area (Å²) >= 11 is 0. The van der Waals surface area contributed by atoms with Crippen LogP contribution >= 0.6 is 0 Å². The number of hydrogen-bond acceptors (Lipinski definition) is 6. The fourth-order valence-corrected chi connectivity index (χ4v) is 2.17. The Labute approximate surface area is 162 Å². The maximum Gasteiger partial charge on any atom is 0.350 e. The van der Waals surface area contributed by atoms with E-state index in [4.69, 9.17) is 10.2 Å². The first-order valence-corrected chi connectivity index (χ1v) is 8.66. The number of azo groups is 1. The summed E-state index contributed by atoms with van der Waals surface area (Å²) in [5, 5.41) is 26.2. The van der Waals surface area contributed by atoms with Crippen molar-refractivity contribution in [1.29, 1.82) is 0 Å². The zero-order chi connectivity index (χ0) is 20.5. The SMILES string of the molecule is CCC(=Nc1ccc(N=Nc2ccc(N=C(CC)C(=O)O)cc2)cc1)C(=O)O. The lowest BCUT2D eigenvalue weighted by atomic mass is 10.2. The van der Waals surface area contributed by atoms with Crippen molar-refractivity contribution >= 4 is 46.1 Å². The molecule has 2 aromatic rings. The Bertz CT molecular complexity index is 852.